The van der Waals surface area contributed by atoms with Gasteiger partial charge < -0.3 is 9.88 Å². The predicted molar refractivity (Wildman–Crippen MR) is 104 cm³/mol. The minimum absolute atomic E-state index is 0.0241. The molecule has 8 heteroatoms. The zero-order chi connectivity index (χ0) is 19.9. The molecule has 142 valence electrons. The highest BCUT2D eigenvalue weighted by atomic mass is 16.2. The summed E-state index contributed by atoms with van der Waals surface area (Å²) in [5, 5.41) is 3.22. The molecule has 3 aromatic rings. The van der Waals surface area contributed by atoms with E-state index < -0.39 is 5.69 Å². The summed E-state index contributed by atoms with van der Waals surface area (Å²) in [7, 11) is 3.01. The Morgan fingerprint density at radius 1 is 1.15 bits per heavy atom. The third kappa shape index (κ3) is 3.42. The van der Waals surface area contributed by atoms with Crippen molar-refractivity contribution in [3.63, 3.8) is 0 Å². The molecule has 0 radical (unpaired) electrons. The molecule has 0 saturated carbocycles. The van der Waals surface area contributed by atoms with Gasteiger partial charge in [0.15, 0.2) is 0 Å². The number of pyridine rings is 1. The van der Waals surface area contributed by atoms with Gasteiger partial charge in [0, 0.05) is 26.5 Å². The van der Waals surface area contributed by atoms with E-state index in [0.717, 1.165) is 10.1 Å². The van der Waals surface area contributed by atoms with E-state index in [1.165, 1.54) is 11.6 Å². The second kappa shape index (κ2) is 6.53. The van der Waals surface area contributed by atoms with Crippen LogP contribution in [0.3, 0.4) is 0 Å². The summed E-state index contributed by atoms with van der Waals surface area (Å²) in [6.07, 6.45) is 5.00. The molecule has 0 atom stereocenters. The Morgan fingerprint density at radius 2 is 1.85 bits per heavy atom. The van der Waals surface area contributed by atoms with Gasteiger partial charge >= 0.3 is 5.69 Å². The molecule has 0 unspecified atom stereocenters. The fourth-order valence-corrected chi connectivity index (χ4v) is 2.99. The van der Waals surface area contributed by atoms with Crippen LogP contribution in [0.25, 0.3) is 11.0 Å². The minimum atomic E-state index is -0.435. The third-order valence-electron chi connectivity index (χ3n) is 4.56. The smallest absolute Gasteiger partial charge is 0.324 e. The van der Waals surface area contributed by atoms with Crippen LogP contribution in [0.2, 0.25) is 0 Å². The van der Waals surface area contributed by atoms with E-state index in [1.807, 2.05) is 6.07 Å². The average Bonchev–Trinajstić information content (AvgIpc) is 3.01. The summed E-state index contributed by atoms with van der Waals surface area (Å²) < 4.78 is 4.01. The molecule has 3 rings (SSSR count). The Labute approximate surface area is 156 Å². The number of fused-ring (bicyclic) bond motifs is 1. The third-order valence-corrected chi connectivity index (χ3v) is 4.56. The summed E-state index contributed by atoms with van der Waals surface area (Å²) in [4.78, 5) is 41.1. The summed E-state index contributed by atoms with van der Waals surface area (Å²) in [6, 6.07) is 3.51. The maximum absolute atomic E-state index is 12.5. The van der Waals surface area contributed by atoms with Crippen LogP contribution in [0.1, 0.15) is 26.3 Å². The molecule has 27 heavy (non-hydrogen) atoms. The number of amides is 1. The monoisotopic (exact) mass is 369 g/mol. The van der Waals surface area contributed by atoms with Gasteiger partial charge in [-0.3, -0.25) is 23.7 Å². The van der Waals surface area contributed by atoms with Crippen molar-refractivity contribution >= 4 is 22.6 Å². The van der Waals surface area contributed by atoms with E-state index in [9.17, 15) is 14.4 Å². The Kier molecular flexibility index (Phi) is 4.51. The number of aromatic nitrogens is 4. The number of nitrogens with zero attached hydrogens (tertiary/aromatic N) is 4. The van der Waals surface area contributed by atoms with Crippen LogP contribution in [0.15, 0.2) is 40.3 Å². The van der Waals surface area contributed by atoms with Crippen LogP contribution < -0.4 is 16.6 Å². The highest BCUT2D eigenvalue weighted by Crippen LogP contribution is 2.23. The second-order valence-electron chi connectivity index (χ2n) is 7.65. The van der Waals surface area contributed by atoms with Gasteiger partial charge in [-0.2, -0.15) is 0 Å². The van der Waals surface area contributed by atoms with Crippen molar-refractivity contribution in [1.29, 1.82) is 0 Å². The molecule has 1 N–H and O–H groups in total. The number of carbonyl (C=O) groups is 1. The van der Waals surface area contributed by atoms with E-state index in [2.05, 4.69) is 31.1 Å². The molecule has 0 aliphatic rings. The molecule has 0 spiro atoms. The van der Waals surface area contributed by atoms with Crippen molar-refractivity contribution in [3.8, 4) is 0 Å². The average molecular weight is 369 g/mol. The van der Waals surface area contributed by atoms with Crippen molar-refractivity contribution in [3.05, 3.63) is 57.1 Å². The zero-order valence-electron chi connectivity index (χ0n) is 16.1. The highest BCUT2D eigenvalue weighted by Gasteiger charge is 2.16. The quantitative estimate of drug-likeness (QED) is 0.755. The van der Waals surface area contributed by atoms with Crippen LogP contribution in [-0.4, -0.2) is 24.6 Å². The summed E-state index contributed by atoms with van der Waals surface area (Å²) in [5.41, 5.74) is 1.14. The Hall–Kier alpha value is -3.16. The van der Waals surface area contributed by atoms with Crippen molar-refractivity contribution in [2.24, 2.45) is 14.1 Å². The SMILES string of the molecule is Cn1c(=O)c2ccn(CC(=O)Nc3cncc(C(C)(C)C)c3)c2n(C)c1=O. The lowest BCUT2D eigenvalue weighted by atomic mass is 9.88. The first-order valence-electron chi connectivity index (χ1n) is 8.60. The number of hydrogen-bond acceptors (Lipinski definition) is 4. The van der Waals surface area contributed by atoms with Gasteiger partial charge in [-0.1, -0.05) is 20.8 Å². The van der Waals surface area contributed by atoms with Crippen LogP contribution >= 0.6 is 0 Å². The predicted octanol–water partition coefficient (Wildman–Crippen LogP) is 1.37. The molecule has 0 aliphatic heterocycles. The van der Waals surface area contributed by atoms with Crippen LogP contribution in [0.4, 0.5) is 5.69 Å². The Morgan fingerprint density at radius 3 is 2.52 bits per heavy atom. The first-order valence-corrected chi connectivity index (χ1v) is 8.60. The van der Waals surface area contributed by atoms with Crippen molar-refractivity contribution in [2.75, 3.05) is 5.32 Å². The molecule has 0 bridgehead atoms. The lowest BCUT2D eigenvalue weighted by Crippen LogP contribution is -2.37. The van der Waals surface area contributed by atoms with E-state index in [4.69, 9.17) is 0 Å². The molecule has 0 saturated heterocycles. The molecule has 0 aliphatic carbocycles. The van der Waals surface area contributed by atoms with Crippen molar-refractivity contribution in [1.82, 2.24) is 18.7 Å². The molecule has 3 aromatic heterocycles. The van der Waals surface area contributed by atoms with E-state index in [1.54, 1.807) is 36.3 Å². The van der Waals surface area contributed by atoms with Crippen LogP contribution in [0.5, 0.6) is 0 Å². The molecule has 1 amide bonds. The number of rotatable bonds is 3. The topological polar surface area (TPSA) is 90.9 Å². The highest BCUT2D eigenvalue weighted by molar-refractivity contribution is 5.91. The normalized spacial score (nSPS) is 11.7. The van der Waals surface area contributed by atoms with Gasteiger partial charge in [-0.25, -0.2) is 4.79 Å². The van der Waals surface area contributed by atoms with Gasteiger partial charge in [0.1, 0.15) is 12.2 Å². The summed E-state index contributed by atoms with van der Waals surface area (Å²) in [5.74, 6) is -0.270. The first-order chi connectivity index (χ1) is 12.6. The van der Waals surface area contributed by atoms with Crippen LogP contribution in [0, 0.1) is 0 Å². The molecule has 0 fully saturated rings. The minimum Gasteiger partial charge on any atom is -0.324 e. The molecule has 8 nitrogen and oxygen atoms in total. The molecular formula is C19H23N5O3. The Bertz CT molecular complexity index is 1140. The van der Waals surface area contributed by atoms with Gasteiger partial charge in [0.2, 0.25) is 5.91 Å². The van der Waals surface area contributed by atoms with E-state index in [-0.39, 0.29) is 23.4 Å². The summed E-state index contributed by atoms with van der Waals surface area (Å²) in [6.45, 7) is 6.19. The fraction of sp³-hybridized carbons (Fsp3) is 0.368. The number of anilines is 1. The molecule has 0 aromatic carbocycles. The second-order valence-corrected chi connectivity index (χ2v) is 7.65. The number of carbonyl (C=O) groups excluding carboxylic acids is 1. The van der Waals surface area contributed by atoms with Gasteiger partial charge in [-0.15, -0.1) is 0 Å². The number of nitrogens with one attached hydrogen (secondary N) is 1. The van der Waals surface area contributed by atoms with Crippen LogP contribution in [-0.2, 0) is 30.8 Å². The fourth-order valence-electron chi connectivity index (χ4n) is 2.99. The molecular weight excluding hydrogens is 346 g/mol. The Balaban J connectivity index is 1.90. The zero-order valence-corrected chi connectivity index (χ0v) is 16.1. The van der Waals surface area contributed by atoms with Gasteiger partial charge in [0.05, 0.1) is 17.3 Å². The summed E-state index contributed by atoms with van der Waals surface area (Å²) >= 11 is 0. The molecule has 3 heterocycles. The largest absolute Gasteiger partial charge is 0.332 e. The number of hydrogen-bond donors (Lipinski definition) is 1. The maximum atomic E-state index is 12.5. The maximum Gasteiger partial charge on any atom is 0.332 e. The lowest BCUT2D eigenvalue weighted by Gasteiger charge is -2.19. The van der Waals surface area contributed by atoms with Crippen molar-refractivity contribution < 1.29 is 4.79 Å². The van der Waals surface area contributed by atoms with E-state index >= 15 is 0 Å². The standard InChI is InChI=1S/C19H23N5O3/c1-19(2,3)12-8-13(10-20-9-12)21-15(25)11-24-7-6-14-16(24)22(4)18(27)23(5)17(14)26/h6-10H,11H2,1-5H3,(H,21,25). The lowest BCUT2D eigenvalue weighted by molar-refractivity contribution is -0.116. The first kappa shape index (κ1) is 18.6. The van der Waals surface area contributed by atoms with Gasteiger partial charge in [0.25, 0.3) is 5.56 Å². The van der Waals surface area contributed by atoms with Gasteiger partial charge in [-0.05, 0) is 23.1 Å². The van der Waals surface area contributed by atoms with Crippen molar-refractivity contribution in [2.45, 2.75) is 32.7 Å². The number of aryl methyl sites for hydroxylation is 1. The van der Waals surface area contributed by atoms with E-state index in [0.29, 0.717) is 16.7 Å².